The summed E-state index contributed by atoms with van der Waals surface area (Å²) in [5.74, 6) is 0. The lowest BCUT2D eigenvalue weighted by atomic mass is 9.91. The Morgan fingerprint density at radius 2 is 0.707 bits per heavy atom. The third kappa shape index (κ3) is 7.24. The highest BCUT2D eigenvalue weighted by Crippen LogP contribution is 2.48. The van der Waals surface area contributed by atoms with E-state index in [0.29, 0.717) is 54.1 Å². The monoisotopic (exact) mass is 824 g/mol. The summed E-state index contributed by atoms with van der Waals surface area (Å²) in [5, 5.41) is 4.19. The van der Waals surface area contributed by atoms with Gasteiger partial charge in [-0.2, -0.15) is 26.3 Å². The molecule has 0 heterocycles. The SMILES string of the molecule is [2H]c1c([2H])c([Si](C)(C)C)c([2H])c([2H])c1N(c1ccc(C(F)(F)F)cc1)c1ccc2ccc3c(N(c4ccc(C(F)(F)F)cc4)c4c([2H])c([2H])c([Si](C)(C)C)c([2H])c4[2H])ccc4ccc1c2c43. The summed E-state index contributed by atoms with van der Waals surface area (Å²) in [4.78, 5) is 2.86. The molecule has 0 aliphatic rings. The number of hydrogen-bond acceptors (Lipinski definition) is 2. The number of nitrogens with zero attached hydrogens (tertiary/aromatic N) is 2. The van der Waals surface area contributed by atoms with Crippen LogP contribution in [0.15, 0.2) is 145 Å². The molecular formula is C48H42F6N2Si2. The predicted octanol–water partition coefficient (Wildman–Crippen LogP) is 14.7. The molecule has 0 atom stereocenters. The summed E-state index contributed by atoms with van der Waals surface area (Å²) in [6, 6.07) is 19.9. The molecule has 0 aliphatic carbocycles. The van der Waals surface area contributed by atoms with E-state index < -0.39 is 39.6 Å². The van der Waals surface area contributed by atoms with E-state index in [9.17, 15) is 31.8 Å². The van der Waals surface area contributed by atoms with Gasteiger partial charge in [-0.05, 0) is 106 Å². The van der Waals surface area contributed by atoms with Gasteiger partial charge in [0.05, 0.1) is 49.6 Å². The summed E-state index contributed by atoms with van der Waals surface area (Å²) in [6.45, 7) is 11.4. The van der Waals surface area contributed by atoms with E-state index in [0.717, 1.165) is 24.3 Å². The highest BCUT2D eigenvalue weighted by molar-refractivity contribution is 6.89. The van der Waals surface area contributed by atoms with Crippen molar-refractivity contribution in [2.45, 2.75) is 51.6 Å². The van der Waals surface area contributed by atoms with Crippen molar-refractivity contribution in [1.82, 2.24) is 0 Å². The van der Waals surface area contributed by atoms with Crippen LogP contribution in [-0.4, -0.2) is 16.1 Å². The molecule has 8 aromatic rings. The molecule has 58 heavy (non-hydrogen) atoms. The molecule has 2 nitrogen and oxygen atoms in total. The maximum atomic E-state index is 13.9. The third-order valence-electron chi connectivity index (χ3n) is 10.2. The van der Waals surface area contributed by atoms with E-state index in [-0.39, 0.29) is 71.1 Å². The zero-order chi connectivity index (χ0) is 48.3. The Morgan fingerprint density at radius 3 is 1.00 bits per heavy atom. The molecule has 0 spiro atoms. The summed E-state index contributed by atoms with van der Waals surface area (Å²) in [5.41, 5.74) is -1.36. The second-order valence-corrected chi connectivity index (χ2v) is 26.3. The number of alkyl halides is 6. The maximum Gasteiger partial charge on any atom is 0.416 e. The van der Waals surface area contributed by atoms with Crippen LogP contribution in [0, 0.1) is 0 Å². The molecule has 0 bridgehead atoms. The minimum absolute atomic E-state index is 0.124. The summed E-state index contributed by atoms with van der Waals surface area (Å²) < 4.78 is 157. The van der Waals surface area contributed by atoms with Crippen molar-refractivity contribution in [3.05, 3.63) is 157 Å². The van der Waals surface area contributed by atoms with Gasteiger partial charge < -0.3 is 9.80 Å². The second kappa shape index (κ2) is 14.1. The number of anilines is 6. The molecule has 10 heteroatoms. The van der Waals surface area contributed by atoms with Crippen LogP contribution < -0.4 is 20.2 Å². The first kappa shape index (κ1) is 30.5. The summed E-state index contributed by atoms with van der Waals surface area (Å²) in [6.07, 6.45) is -9.35. The van der Waals surface area contributed by atoms with Crippen LogP contribution in [-0.2, 0) is 12.4 Å². The number of rotatable bonds is 8. The van der Waals surface area contributed by atoms with Crippen LogP contribution in [0.25, 0.3) is 32.3 Å². The molecule has 0 saturated heterocycles. The molecule has 0 aliphatic heterocycles. The Labute approximate surface area is 347 Å². The molecule has 0 amide bonds. The fraction of sp³-hybridized carbons (Fsp3) is 0.167. The van der Waals surface area contributed by atoms with Gasteiger partial charge >= 0.3 is 12.4 Å². The lowest BCUT2D eigenvalue weighted by molar-refractivity contribution is -0.138. The smallest absolute Gasteiger partial charge is 0.310 e. The largest absolute Gasteiger partial charge is 0.416 e. The van der Waals surface area contributed by atoms with Crippen LogP contribution >= 0.6 is 0 Å². The Balaban J connectivity index is 1.46. The van der Waals surface area contributed by atoms with Crippen LogP contribution in [0.4, 0.5) is 60.5 Å². The van der Waals surface area contributed by atoms with Crippen LogP contribution in [0.3, 0.4) is 0 Å². The van der Waals surface area contributed by atoms with Gasteiger partial charge in [0.25, 0.3) is 0 Å². The van der Waals surface area contributed by atoms with Gasteiger partial charge in [0.15, 0.2) is 0 Å². The normalized spacial score (nSPS) is 14.8. The lowest BCUT2D eigenvalue weighted by Gasteiger charge is -2.30. The van der Waals surface area contributed by atoms with Gasteiger partial charge in [0, 0.05) is 33.5 Å². The first-order valence-electron chi connectivity index (χ1n) is 22.5. The zero-order valence-electron chi connectivity index (χ0n) is 40.4. The van der Waals surface area contributed by atoms with E-state index in [2.05, 4.69) is 0 Å². The van der Waals surface area contributed by atoms with E-state index in [1.807, 2.05) is 39.3 Å². The number of hydrogen-bond donors (Lipinski definition) is 0. The summed E-state index contributed by atoms with van der Waals surface area (Å²) >= 11 is 0. The fourth-order valence-electron chi connectivity index (χ4n) is 7.12. The van der Waals surface area contributed by atoms with Gasteiger partial charge in [-0.3, -0.25) is 0 Å². The Bertz CT molecular complexity index is 2960. The predicted molar refractivity (Wildman–Crippen MR) is 235 cm³/mol. The van der Waals surface area contributed by atoms with Crippen molar-refractivity contribution < 1.29 is 37.3 Å². The molecule has 8 aromatic carbocycles. The summed E-state index contributed by atoms with van der Waals surface area (Å²) in [7, 11) is -4.95. The van der Waals surface area contributed by atoms with Crippen molar-refractivity contribution in [2.75, 3.05) is 9.80 Å². The molecule has 0 saturated carbocycles. The van der Waals surface area contributed by atoms with E-state index in [1.165, 1.54) is 34.1 Å². The molecule has 8 rings (SSSR count). The maximum absolute atomic E-state index is 13.9. The number of halogens is 6. The minimum Gasteiger partial charge on any atom is -0.310 e. The van der Waals surface area contributed by atoms with Gasteiger partial charge in [0.2, 0.25) is 0 Å². The van der Waals surface area contributed by atoms with Crippen molar-refractivity contribution in [3.63, 3.8) is 0 Å². The molecule has 0 aromatic heterocycles. The molecule has 0 N–H and O–H groups in total. The third-order valence-corrected chi connectivity index (χ3v) is 13.7. The van der Waals surface area contributed by atoms with E-state index in [1.54, 1.807) is 48.5 Å². The van der Waals surface area contributed by atoms with Crippen molar-refractivity contribution in [1.29, 1.82) is 0 Å². The van der Waals surface area contributed by atoms with E-state index in [4.69, 9.17) is 5.48 Å². The van der Waals surface area contributed by atoms with Gasteiger partial charge in [-0.15, -0.1) is 0 Å². The lowest BCUT2D eigenvalue weighted by Crippen LogP contribution is -2.37. The second-order valence-electron chi connectivity index (χ2n) is 16.3. The first-order valence-corrected chi connectivity index (χ1v) is 25.5. The highest BCUT2D eigenvalue weighted by atomic mass is 28.3. The van der Waals surface area contributed by atoms with Crippen molar-refractivity contribution in [3.8, 4) is 0 Å². The molecular weight excluding hydrogens is 775 g/mol. The average Bonchev–Trinajstić information content (AvgIpc) is 3.23. The molecule has 0 unspecified atom stereocenters. The standard InChI is InChI=1S/C48H42F6N2Si2/c1-57(2,3)39-23-19-37(20-24-39)55(35-15-11-33(12-16-35)47(49,50)51)43-29-9-31-8-28-42-44(30-10-32-7-27-41(43)45(31)46(32)42)56(36-17-13-34(14-18-36)48(52,53)54)38-21-25-40(26-22-38)58(4,5)6/h7-30H,1-6H3/i19D,20D,21D,22D,23D,24D,25D,26D. The molecule has 294 valence electrons. The quantitative estimate of drug-likeness (QED) is 0.0856. The van der Waals surface area contributed by atoms with Gasteiger partial charge in [-0.25, -0.2) is 0 Å². The van der Waals surface area contributed by atoms with Gasteiger partial charge in [0.1, 0.15) is 0 Å². The Morgan fingerprint density at radius 1 is 0.397 bits per heavy atom. The minimum atomic E-state index is -4.67. The van der Waals surface area contributed by atoms with E-state index >= 15 is 0 Å². The molecule has 0 fully saturated rings. The fourth-order valence-corrected chi connectivity index (χ4v) is 8.87. The zero-order valence-corrected chi connectivity index (χ0v) is 34.4. The average molecular weight is 825 g/mol. The Hall–Kier alpha value is -5.59. The van der Waals surface area contributed by atoms with Crippen LogP contribution in [0.2, 0.25) is 39.3 Å². The van der Waals surface area contributed by atoms with Crippen LogP contribution in [0.1, 0.15) is 22.1 Å². The topological polar surface area (TPSA) is 6.48 Å². The molecule has 0 radical (unpaired) electrons. The van der Waals surface area contributed by atoms with Crippen LogP contribution in [0.5, 0.6) is 0 Å². The van der Waals surface area contributed by atoms with Crippen molar-refractivity contribution in [2.24, 2.45) is 0 Å². The highest BCUT2D eigenvalue weighted by Gasteiger charge is 2.32. The number of benzene rings is 8. The van der Waals surface area contributed by atoms with Gasteiger partial charge in [-0.1, -0.05) is 110 Å². The van der Waals surface area contributed by atoms with Crippen molar-refractivity contribution >= 4 is 93.0 Å². The first-order chi connectivity index (χ1) is 30.6. The Kier molecular flexibility index (Phi) is 7.39.